The number of hydrogen-bond acceptors (Lipinski definition) is 2. The Kier molecular flexibility index (Phi) is 4.95. The van der Waals surface area contributed by atoms with E-state index < -0.39 is 0 Å². The van der Waals surface area contributed by atoms with Gasteiger partial charge in [-0.25, -0.2) is 4.79 Å². The van der Waals surface area contributed by atoms with E-state index in [1.807, 2.05) is 13.8 Å². The lowest BCUT2D eigenvalue weighted by atomic mass is 9.94. The Morgan fingerprint density at radius 1 is 1.50 bits per heavy atom. The van der Waals surface area contributed by atoms with Crippen molar-refractivity contribution in [3.8, 4) is 0 Å². The fraction of sp³-hybridized carbons (Fsp3) is 0.900. The van der Waals surface area contributed by atoms with Crippen LogP contribution >= 0.6 is 0 Å². The van der Waals surface area contributed by atoms with Gasteiger partial charge in [0.2, 0.25) is 0 Å². The van der Waals surface area contributed by atoms with Crippen molar-refractivity contribution in [3.63, 3.8) is 0 Å². The van der Waals surface area contributed by atoms with Gasteiger partial charge in [0.05, 0.1) is 0 Å². The lowest BCUT2D eigenvalue weighted by Crippen LogP contribution is -2.24. The van der Waals surface area contributed by atoms with Crippen LogP contribution in [0.3, 0.4) is 0 Å². The van der Waals surface area contributed by atoms with E-state index in [1.54, 1.807) is 0 Å². The highest BCUT2D eigenvalue weighted by atomic mass is 16.5. The Morgan fingerprint density at radius 3 is 2.50 bits per heavy atom. The van der Waals surface area contributed by atoms with Gasteiger partial charge in [-0.05, 0) is 32.6 Å². The molecule has 0 N–H and O–H groups in total. The molecule has 0 rings (SSSR count). The Balaban J connectivity index is 3.66. The van der Waals surface area contributed by atoms with Crippen LogP contribution in [0, 0.1) is 5.92 Å². The van der Waals surface area contributed by atoms with Gasteiger partial charge >= 0.3 is 6.47 Å². The summed E-state index contributed by atoms with van der Waals surface area (Å²) < 4.78 is 4.82. The van der Waals surface area contributed by atoms with Gasteiger partial charge in [0.15, 0.2) is 0 Å². The molecule has 1 atom stereocenters. The highest BCUT2D eigenvalue weighted by Crippen LogP contribution is 2.20. The minimum atomic E-state index is -0.342. The molecular weight excluding hydrogens is 152 g/mol. The second-order valence-electron chi connectivity index (χ2n) is 4.00. The molecule has 0 aliphatic carbocycles. The first kappa shape index (κ1) is 11.5. The number of ether oxygens (including phenoxy) is 1. The third-order valence-corrected chi connectivity index (χ3v) is 2.25. The van der Waals surface area contributed by atoms with E-state index in [4.69, 9.17) is 4.74 Å². The molecule has 0 aliphatic heterocycles. The molecule has 0 saturated carbocycles. The van der Waals surface area contributed by atoms with Crippen molar-refractivity contribution in [3.05, 3.63) is 0 Å². The summed E-state index contributed by atoms with van der Waals surface area (Å²) in [7, 11) is 0. The smallest absolute Gasteiger partial charge is 0.418 e. The van der Waals surface area contributed by atoms with Gasteiger partial charge in [-0.1, -0.05) is 20.3 Å². The standard InChI is InChI=1S/C10H19O2/c1-5-9(2)6-7-10(3,4)12-8-11/h9H,5-7H2,1-4H3. The monoisotopic (exact) mass is 171 g/mol. The Bertz CT molecular complexity index is 130. The van der Waals surface area contributed by atoms with Crippen molar-refractivity contribution in [2.45, 2.75) is 52.6 Å². The van der Waals surface area contributed by atoms with Crippen molar-refractivity contribution < 1.29 is 9.53 Å². The highest BCUT2D eigenvalue weighted by molar-refractivity contribution is 5.39. The van der Waals surface area contributed by atoms with Crippen LogP contribution in [0.15, 0.2) is 0 Å². The molecule has 0 aromatic carbocycles. The number of carbonyl (C=O) groups excluding carboxylic acids is 1. The second kappa shape index (κ2) is 5.18. The van der Waals surface area contributed by atoms with E-state index in [0.29, 0.717) is 5.92 Å². The quantitative estimate of drug-likeness (QED) is 0.614. The average molecular weight is 171 g/mol. The van der Waals surface area contributed by atoms with Crippen LogP contribution in [-0.4, -0.2) is 12.1 Å². The summed E-state index contributed by atoms with van der Waals surface area (Å²) >= 11 is 0. The van der Waals surface area contributed by atoms with Crippen LogP contribution in [-0.2, 0) is 9.53 Å². The van der Waals surface area contributed by atoms with Crippen molar-refractivity contribution in [1.82, 2.24) is 0 Å². The normalized spacial score (nSPS) is 14.0. The molecule has 71 valence electrons. The van der Waals surface area contributed by atoms with Gasteiger partial charge in [0.1, 0.15) is 5.60 Å². The number of hydrogen-bond donors (Lipinski definition) is 0. The SMILES string of the molecule is CCC(C)CCC(C)(C)O[C]=O. The van der Waals surface area contributed by atoms with E-state index in [0.717, 1.165) is 12.8 Å². The molecule has 2 heteroatoms. The van der Waals surface area contributed by atoms with Gasteiger partial charge in [0.25, 0.3) is 0 Å². The zero-order valence-corrected chi connectivity index (χ0v) is 8.52. The van der Waals surface area contributed by atoms with E-state index in [-0.39, 0.29) is 5.60 Å². The molecule has 0 aromatic heterocycles. The minimum absolute atomic E-state index is 0.342. The summed E-state index contributed by atoms with van der Waals surface area (Å²) in [5.41, 5.74) is -0.342. The first-order chi connectivity index (χ1) is 5.52. The molecule has 0 aromatic rings. The lowest BCUT2D eigenvalue weighted by molar-refractivity contribution is 0.0734. The van der Waals surface area contributed by atoms with Crippen LogP contribution in [0.4, 0.5) is 0 Å². The largest absolute Gasteiger partial charge is 0.451 e. The fourth-order valence-corrected chi connectivity index (χ4v) is 0.962. The van der Waals surface area contributed by atoms with E-state index in [9.17, 15) is 4.79 Å². The molecule has 0 saturated heterocycles. The third-order valence-electron chi connectivity index (χ3n) is 2.25. The van der Waals surface area contributed by atoms with Crippen molar-refractivity contribution in [2.75, 3.05) is 0 Å². The van der Waals surface area contributed by atoms with Crippen molar-refractivity contribution >= 4 is 6.47 Å². The third kappa shape index (κ3) is 5.16. The van der Waals surface area contributed by atoms with Gasteiger partial charge < -0.3 is 4.74 Å². The highest BCUT2D eigenvalue weighted by Gasteiger charge is 2.19. The summed E-state index contributed by atoms with van der Waals surface area (Å²) in [6.07, 6.45) is 3.20. The van der Waals surface area contributed by atoms with Crippen LogP contribution in [0.25, 0.3) is 0 Å². The zero-order chi connectivity index (χ0) is 9.61. The molecule has 0 heterocycles. The van der Waals surface area contributed by atoms with Gasteiger partial charge in [-0.15, -0.1) is 0 Å². The summed E-state index contributed by atoms with van der Waals surface area (Å²) in [5.74, 6) is 0.708. The van der Waals surface area contributed by atoms with Crippen molar-refractivity contribution in [2.24, 2.45) is 5.92 Å². The molecule has 0 aliphatic rings. The van der Waals surface area contributed by atoms with Crippen LogP contribution in [0.2, 0.25) is 0 Å². The first-order valence-electron chi connectivity index (χ1n) is 4.57. The van der Waals surface area contributed by atoms with Crippen LogP contribution in [0.5, 0.6) is 0 Å². The Hall–Kier alpha value is -0.530. The maximum atomic E-state index is 9.99. The molecule has 12 heavy (non-hydrogen) atoms. The lowest BCUT2D eigenvalue weighted by Gasteiger charge is -2.23. The summed E-state index contributed by atoms with van der Waals surface area (Å²) in [5, 5.41) is 0. The molecule has 0 bridgehead atoms. The molecule has 0 amide bonds. The van der Waals surface area contributed by atoms with E-state index in [1.165, 1.54) is 12.9 Å². The Labute approximate surface area is 75.3 Å². The number of rotatable bonds is 6. The molecule has 0 fully saturated rings. The summed E-state index contributed by atoms with van der Waals surface area (Å²) in [4.78, 5) is 9.99. The van der Waals surface area contributed by atoms with Crippen molar-refractivity contribution in [1.29, 1.82) is 0 Å². The maximum Gasteiger partial charge on any atom is 0.418 e. The first-order valence-corrected chi connectivity index (χ1v) is 4.57. The average Bonchev–Trinajstić information content (AvgIpc) is 2.00. The van der Waals surface area contributed by atoms with Gasteiger partial charge in [-0.2, -0.15) is 0 Å². The second-order valence-corrected chi connectivity index (χ2v) is 4.00. The molecule has 1 unspecified atom stereocenters. The van der Waals surface area contributed by atoms with Gasteiger partial charge in [-0.3, -0.25) is 0 Å². The predicted octanol–water partition coefficient (Wildman–Crippen LogP) is 2.68. The Morgan fingerprint density at radius 2 is 2.08 bits per heavy atom. The molecule has 1 radical (unpaired) electrons. The van der Waals surface area contributed by atoms with Crippen LogP contribution < -0.4 is 0 Å². The molecular formula is C10H19O2. The fourth-order valence-electron chi connectivity index (χ4n) is 0.962. The van der Waals surface area contributed by atoms with Crippen LogP contribution in [0.1, 0.15) is 47.0 Å². The van der Waals surface area contributed by atoms with Gasteiger partial charge in [0, 0.05) is 0 Å². The maximum absolute atomic E-state index is 9.99. The van der Waals surface area contributed by atoms with E-state index in [2.05, 4.69) is 13.8 Å². The molecule has 0 spiro atoms. The minimum Gasteiger partial charge on any atom is -0.451 e. The zero-order valence-electron chi connectivity index (χ0n) is 8.52. The summed E-state index contributed by atoms with van der Waals surface area (Å²) in [6, 6.07) is 0. The van der Waals surface area contributed by atoms with E-state index >= 15 is 0 Å². The molecule has 2 nitrogen and oxygen atoms in total. The summed E-state index contributed by atoms with van der Waals surface area (Å²) in [6.45, 7) is 9.71. The topological polar surface area (TPSA) is 26.3 Å². The predicted molar refractivity (Wildman–Crippen MR) is 49.5 cm³/mol.